The van der Waals surface area contributed by atoms with Gasteiger partial charge in [-0.05, 0) is 50.6 Å². The number of epoxide rings is 1. The summed E-state index contributed by atoms with van der Waals surface area (Å²) >= 11 is 8.23. The lowest BCUT2D eigenvalue weighted by molar-refractivity contribution is -0.162. The number of aliphatic hydroxyl groups is 2. The molecular formula is C36H50ClN3O10S. The number of thioether (sulfide) groups is 1. The molecule has 8 atom stereocenters. The van der Waals surface area contributed by atoms with Gasteiger partial charge in [0.1, 0.15) is 30.0 Å². The van der Waals surface area contributed by atoms with E-state index in [2.05, 4.69) is 5.32 Å². The van der Waals surface area contributed by atoms with Crippen LogP contribution in [0.4, 0.5) is 10.5 Å². The lowest BCUT2D eigenvalue weighted by atomic mass is 9.83. The fourth-order valence-corrected chi connectivity index (χ4v) is 7.32. The zero-order valence-electron chi connectivity index (χ0n) is 30.4. The van der Waals surface area contributed by atoms with Crippen molar-refractivity contribution < 1.29 is 48.3 Å². The summed E-state index contributed by atoms with van der Waals surface area (Å²) in [6, 6.07) is 2.57. The summed E-state index contributed by atoms with van der Waals surface area (Å²) < 4.78 is 23.5. The maximum absolute atomic E-state index is 14.1. The molecule has 0 aromatic heterocycles. The largest absolute Gasteiger partial charge is 0.457 e. The Labute approximate surface area is 308 Å². The first-order valence-electron chi connectivity index (χ1n) is 16.9. The van der Waals surface area contributed by atoms with E-state index in [1.807, 2.05) is 19.3 Å². The van der Waals surface area contributed by atoms with Crippen LogP contribution in [0.15, 0.2) is 35.9 Å². The summed E-state index contributed by atoms with van der Waals surface area (Å²) in [5.41, 5.74) is -0.569. The number of methoxy groups -OCH3 is 1. The van der Waals surface area contributed by atoms with E-state index in [4.69, 9.17) is 30.5 Å². The number of nitrogens with zero attached hydrogens (tertiary/aromatic N) is 2. The Morgan fingerprint density at radius 3 is 2.65 bits per heavy atom. The number of aliphatic hydroxyl groups excluding tert-OH is 1. The number of ether oxygens (including phenoxy) is 4. The molecule has 3 aliphatic rings. The fraction of sp³-hybridized carbons (Fsp3) is 0.611. The number of halogens is 1. The summed E-state index contributed by atoms with van der Waals surface area (Å²) in [5.74, 6) is -1.34. The van der Waals surface area contributed by atoms with Crippen LogP contribution in [0.1, 0.15) is 58.1 Å². The van der Waals surface area contributed by atoms with Gasteiger partial charge < -0.3 is 39.0 Å². The number of alkyl carbamates (subject to hydrolysis) is 1. The van der Waals surface area contributed by atoms with Crippen molar-refractivity contribution >= 4 is 52.9 Å². The van der Waals surface area contributed by atoms with Gasteiger partial charge in [0, 0.05) is 45.7 Å². The number of amides is 3. The van der Waals surface area contributed by atoms with Gasteiger partial charge in [0.25, 0.3) is 0 Å². The van der Waals surface area contributed by atoms with Gasteiger partial charge in [-0.3, -0.25) is 14.9 Å². The molecule has 0 saturated carbocycles. The van der Waals surface area contributed by atoms with E-state index in [1.165, 1.54) is 35.7 Å². The second-order valence-electron chi connectivity index (χ2n) is 13.8. The molecule has 4 rings (SSSR count). The molecule has 13 nitrogen and oxygen atoms in total. The summed E-state index contributed by atoms with van der Waals surface area (Å²) in [5, 5.41) is 24.5. The van der Waals surface area contributed by atoms with Gasteiger partial charge >= 0.3 is 12.1 Å². The number of carbonyl (C=O) groups excluding carboxylic acids is 4. The van der Waals surface area contributed by atoms with E-state index in [9.17, 15) is 29.4 Å². The van der Waals surface area contributed by atoms with Crippen molar-refractivity contribution in [3.8, 4) is 0 Å². The van der Waals surface area contributed by atoms with E-state index < -0.39 is 65.7 Å². The minimum Gasteiger partial charge on any atom is -0.457 e. The second kappa shape index (κ2) is 16.7. The Kier molecular flexibility index (Phi) is 13.3. The molecule has 4 bridgehead atoms. The molecule has 3 N–H and O–H groups in total. The fourth-order valence-electron chi connectivity index (χ4n) is 6.64. The Morgan fingerprint density at radius 1 is 1.29 bits per heavy atom. The van der Waals surface area contributed by atoms with Crippen LogP contribution in [-0.4, -0.2) is 114 Å². The number of esters is 1. The first kappa shape index (κ1) is 40.6. The molecule has 1 aromatic carbocycles. The van der Waals surface area contributed by atoms with Crippen molar-refractivity contribution in [1.29, 1.82) is 0 Å². The van der Waals surface area contributed by atoms with Crippen LogP contribution in [0, 0.1) is 5.92 Å². The number of nitrogens with one attached hydrogen (secondary N) is 1. The first-order valence-corrected chi connectivity index (χ1v) is 18.7. The van der Waals surface area contributed by atoms with Crippen molar-refractivity contribution in [1.82, 2.24) is 10.2 Å². The predicted molar refractivity (Wildman–Crippen MR) is 193 cm³/mol. The third kappa shape index (κ3) is 9.09. The lowest BCUT2D eigenvalue weighted by Gasteiger charge is -2.42. The number of benzene rings is 1. The van der Waals surface area contributed by atoms with E-state index in [1.54, 1.807) is 52.1 Å². The number of allylic oxidation sites excluding steroid dienone is 3. The highest BCUT2D eigenvalue weighted by Crippen LogP contribution is 2.49. The van der Waals surface area contributed by atoms with Gasteiger partial charge in [-0.2, -0.15) is 11.8 Å². The number of rotatable bonds is 8. The van der Waals surface area contributed by atoms with Gasteiger partial charge in [0.05, 0.1) is 29.8 Å². The summed E-state index contributed by atoms with van der Waals surface area (Å²) in [6.07, 6.45) is 2.97. The topological polar surface area (TPSA) is 167 Å². The zero-order valence-corrected chi connectivity index (χ0v) is 32.0. The van der Waals surface area contributed by atoms with Crippen LogP contribution in [0.5, 0.6) is 0 Å². The lowest BCUT2D eigenvalue weighted by Crippen LogP contribution is -2.63. The molecule has 2 saturated heterocycles. The monoisotopic (exact) mass is 751 g/mol. The number of carbonyl (C=O) groups is 4. The quantitative estimate of drug-likeness (QED) is 0.262. The van der Waals surface area contributed by atoms with Crippen molar-refractivity contribution in [2.45, 2.75) is 102 Å². The van der Waals surface area contributed by atoms with Gasteiger partial charge in [-0.25, -0.2) is 9.59 Å². The number of fused-ring (bicyclic) bond motifs is 5. The van der Waals surface area contributed by atoms with E-state index in [0.717, 1.165) is 11.1 Å². The van der Waals surface area contributed by atoms with Crippen LogP contribution < -0.4 is 10.2 Å². The van der Waals surface area contributed by atoms with Crippen LogP contribution in [-0.2, 0) is 46.4 Å². The number of hydrogen-bond acceptors (Lipinski definition) is 11. The van der Waals surface area contributed by atoms with Crippen LogP contribution in [0.2, 0.25) is 5.02 Å². The highest BCUT2D eigenvalue weighted by atomic mass is 35.5. The van der Waals surface area contributed by atoms with Crippen LogP contribution in [0.3, 0.4) is 0 Å². The van der Waals surface area contributed by atoms with Gasteiger partial charge in [0.2, 0.25) is 11.8 Å². The summed E-state index contributed by atoms with van der Waals surface area (Å²) in [6.45, 7) is 6.60. The molecule has 0 spiro atoms. The van der Waals surface area contributed by atoms with Gasteiger partial charge in [-0.15, -0.1) is 0 Å². The van der Waals surface area contributed by atoms with Crippen LogP contribution in [0.25, 0.3) is 0 Å². The molecule has 3 aliphatic heterocycles. The average Bonchev–Trinajstić information content (AvgIpc) is 3.79. The first-order chi connectivity index (χ1) is 24.0. The Hall–Kier alpha value is -3.14. The zero-order chi connectivity index (χ0) is 37.8. The standard InChI is InChI=1S/C36H50ClN3O10S/c1-20-10-9-11-27(47-7)36(46)18-26(48-34(45)38-36)21(2)32-35(4,50-32)28(49-33(44)22(3)39(5)29(42)12-13-51-8)17-30(43)40(6)25-16-23(14-20)15-24(19-41)31(25)37/h9-11,15-16,21-22,26-28,32,41,46H,12-14,17-19H2,1-8H3,(H,38,45)/b11-9+,20-10+/t21-,22?,26?,27-,28+,32?,35?,36+/m1/s1. The van der Waals surface area contributed by atoms with E-state index in [0.29, 0.717) is 23.4 Å². The Bertz CT molecular complexity index is 1560. The molecule has 0 radical (unpaired) electrons. The number of hydrogen-bond donors (Lipinski definition) is 3. The molecule has 4 unspecified atom stereocenters. The van der Waals surface area contributed by atoms with Crippen molar-refractivity contribution in [3.63, 3.8) is 0 Å². The molecular weight excluding hydrogens is 702 g/mol. The molecule has 0 aliphatic carbocycles. The average molecular weight is 752 g/mol. The predicted octanol–water partition coefficient (Wildman–Crippen LogP) is 3.75. The molecule has 282 valence electrons. The van der Waals surface area contributed by atoms with E-state index in [-0.39, 0.29) is 36.8 Å². The summed E-state index contributed by atoms with van der Waals surface area (Å²) in [4.78, 5) is 55.9. The number of likely N-dealkylation sites (N-methyl/N-ethyl adjacent to an activating group) is 1. The Morgan fingerprint density at radius 2 is 2.00 bits per heavy atom. The van der Waals surface area contributed by atoms with Crippen molar-refractivity contribution in [2.75, 3.05) is 38.1 Å². The maximum atomic E-state index is 14.1. The molecule has 1 aromatic rings. The third-order valence-corrected chi connectivity index (χ3v) is 11.2. The normalized spacial score (nSPS) is 32.0. The maximum Gasteiger partial charge on any atom is 0.409 e. The van der Waals surface area contributed by atoms with Gasteiger partial charge in [-0.1, -0.05) is 48.4 Å². The summed E-state index contributed by atoms with van der Waals surface area (Å²) in [7, 11) is 4.51. The molecule has 3 amide bonds. The van der Waals surface area contributed by atoms with Gasteiger partial charge in [0.15, 0.2) is 5.72 Å². The molecule has 51 heavy (non-hydrogen) atoms. The second-order valence-corrected chi connectivity index (χ2v) is 15.1. The smallest absolute Gasteiger partial charge is 0.409 e. The number of anilines is 1. The van der Waals surface area contributed by atoms with E-state index >= 15 is 0 Å². The SMILES string of the molecule is CO[C@@H]1/C=C/C=C(\C)Cc2cc(CO)c(Cl)c(c2)N(C)C(=O)C[C@H](OC(=O)C(C)N(C)C(=O)CCSC)C2(C)OC2[C@H](C)C2C[C@@]1(O)NC(=O)O2. The molecule has 15 heteroatoms. The minimum atomic E-state index is -1.83. The highest BCUT2D eigenvalue weighted by Gasteiger charge is 2.64. The Balaban J connectivity index is 1.76. The third-order valence-electron chi connectivity index (χ3n) is 10.1. The van der Waals surface area contributed by atoms with Crippen molar-refractivity contribution in [3.05, 3.63) is 52.1 Å². The molecule has 2 fully saturated rings. The van der Waals surface area contributed by atoms with Crippen LogP contribution >= 0.6 is 23.4 Å². The minimum absolute atomic E-state index is 0.0538. The van der Waals surface area contributed by atoms with Crippen molar-refractivity contribution in [2.24, 2.45) is 5.92 Å². The molecule has 3 heterocycles. The highest BCUT2D eigenvalue weighted by molar-refractivity contribution is 7.98.